The number of anilines is 1. The van der Waals surface area contributed by atoms with Gasteiger partial charge >= 0.3 is 5.97 Å². The first kappa shape index (κ1) is 20.7. The van der Waals surface area contributed by atoms with Crippen molar-refractivity contribution in [1.29, 1.82) is 0 Å². The number of rotatable bonds is 8. The Hall–Kier alpha value is -2.62. The minimum atomic E-state index is -3.59. The van der Waals surface area contributed by atoms with Crippen molar-refractivity contribution in [2.45, 2.75) is 25.5 Å². The van der Waals surface area contributed by atoms with Crippen LogP contribution in [0, 0.1) is 0 Å². The van der Waals surface area contributed by atoms with Gasteiger partial charge in [0.2, 0.25) is 10.0 Å². The number of aliphatic carboxylic acids is 1. The van der Waals surface area contributed by atoms with Crippen LogP contribution in [-0.4, -0.2) is 36.0 Å². The van der Waals surface area contributed by atoms with Crippen LogP contribution < -0.4 is 10.5 Å². The van der Waals surface area contributed by atoms with E-state index >= 15 is 0 Å². The second kappa shape index (κ2) is 8.38. The van der Waals surface area contributed by atoms with Gasteiger partial charge in [-0.1, -0.05) is 24.3 Å². The minimum absolute atomic E-state index is 0.0345. The molecule has 0 aromatic heterocycles. The molecule has 2 aromatic carbocycles. The zero-order valence-corrected chi connectivity index (χ0v) is 15.5. The highest BCUT2D eigenvalue weighted by Crippen LogP contribution is 2.30. The highest BCUT2D eigenvalue weighted by atomic mass is 32.2. The number of carboxylic acid groups (broad SMARTS) is 1. The molecule has 6 N–H and O–H groups in total. The highest BCUT2D eigenvalue weighted by Gasteiger charge is 2.17. The summed E-state index contributed by atoms with van der Waals surface area (Å²) in [7, 11) is -3.59. The van der Waals surface area contributed by atoms with Gasteiger partial charge < -0.3 is 21.1 Å². The average Bonchev–Trinajstić information content (AvgIpc) is 2.55. The molecule has 0 aliphatic rings. The number of aromatic hydroxyl groups is 1. The molecule has 8 nitrogen and oxygen atoms in total. The number of nitrogens with one attached hydrogen (secondary N) is 1. The third-order valence-electron chi connectivity index (χ3n) is 4.03. The monoisotopic (exact) mass is 394 g/mol. The molecule has 2 rings (SSSR count). The van der Waals surface area contributed by atoms with Gasteiger partial charge in [0.05, 0.1) is 24.5 Å². The van der Waals surface area contributed by atoms with Gasteiger partial charge in [-0.05, 0) is 34.4 Å². The summed E-state index contributed by atoms with van der Waals surface area (Å²) in [5.74, 6) is -1.24. The van der Waals surface area contributed by atoms with Gasteiger partial charge in [0.1, 0.15) is 5.75 Å². The normalized spacial score (nSPS) is 12.6. The molecule has 1 atom stereocenters. The Labute approximate surface area is 157 Å². The van der Waals surface area contributed by atoms with Crippen molar-refractivity contribution in [1.82, 2.24) is 0 Å². The molecular weight excluding hydrogens is 372 g/mol. The first-order chi connectivity index (χ1) is 12.6. The predicted octanol–water partition coefficient (Wildman–Crippen LogP) is 1.13. The number of carboxylic acids is 1. The van der Waals surface area contributed by atoms with Crippen LogP contribution in [0.2, 0.25) is 0 Å². The van der Waals surface area contributed by atoms with Crippen LogP contribution in [0.5, 0.6) is 5.75 Å². The van der Waals surface area contributed by atoms with Crippen LogP contribution in [0.15, 0.2) is 36.4 Å². The summed E-state index contributed by atoms with van der Waals surface area (Å²) in [6, 6.07) is 9.26. The van der Waals surface area contributed by atoms with Crippen LogP contribution in [0.25, 0.3) is 0 Å². The summed E-state index contributed by atoms with van der Waals surface area (Å²) < 4.78 is 25.0. The number of nitrogens with two attached hydrogens (primary N) is 1. The van der Waals surface area contributed by atoms with Crippen molar-refractivity contribution in [2.75, 3.05) is 11.0 Å². The number of phenolic OH excluding ortho intramolecular Hbond substituents is 1. The fourth-order valence-corrected chi connectivity index (χ4v) is 3.40. The van der Waals surface area contributed by atoms with E-state index in [2.05, 4.69) is 4.72 Å². The molecule has 0 saturated heterocycles. The number of aliphatic hydroxyl groups excluding tert-OH is 1. The largest absolute Gasteiger partial charge is 0.506 e. The molecule has 0 heterocycles. The quantitative estimate of drug-likeness (QED) is 0.421. The van der Waals surface area contributed by atoms with Crippen molar-refractivity contribution in [2.24, 2.45) is 5.73 Å². The minimum Gasteiger partial charge on any atom is -0.506 e. The fourth-order valence-electron chi connectivity index (χ4n) is 2.84. The summed E-state index contributed by atoms with van der Waals surface area (Å²) in [6.45, 7) is 0.127. The van der Waals surface area contributed by atoms with E-state index in [0.717, 1.165) is 6.26 Å². The number of phenols is 1. The summed E-state index contributed by atoms with van der Waals surface area (Å²) in [6.07, 6.45) is -0.0610. The lowest BCUT2D eigenvalue weighted by molar-refractivity contribution is -0.136. The van der Waals surface area contributed by atoms with E-state index in [-0.39, 0.29) is 30.8 Å². The average molecular weight is 394 g/mol. The number of sulfonamides is 1. The van der Waals surface area contributed by atoms with E-state index in [0.29, 0.717) is 22.3 Å². The lowest BCUT2D eigenvalue weighted by atomic mass is 9.93. The van der Waals surface area contributed by atoms with Crippen LogP contribution in [0.3, 0.4) is 0 Å². The second-order valence-corrected chi connectivity index (χ2v) is 7.95. The molecule has 27 heavy (non-hydrogen) atoms. The predicted molar refractivity (Wildman–Crippen MR) is 101 cm³/mol. The van der Waals surface area contributed by atoms with Gasteiger partial charge in [0.15, 0.2) is 0 Å². The molecule has 0 amide bonds. The second-order valence-electron chi connectivity index (χ2n) is 6.20. The van der Waals surface area contributed by atoms with Crippen molar-refractivity contribution < 1.29 is 28.5 Å². The van der Waals surface area contributed by atoms with Crippen molar-refractivity contribution in [3.05, 3.63) is 58.7 Å². The fraction of sp³-hybridized carbons (Fsp3) is 0.278. The van der Waals surface area contributed by atoms with Crippen LogP contribution >= 0.6 is 0 Å². The van der Waals surface area contributed by atoms with Crippen LogP contribution in [0.1, 0.15) is 28.4 Å². The molecule has 0 fully saturated rings. The summed E-state index contributed by atoms with van der Waals surface area (Å²) in [5.41, 5.74) is 8.08. The Bertz CT molecular complexity index is 943. The standard InChI is InChI=1S/C18H22N2O6S/c1-27(25,26)20-15-7-13(5-6-16(15)21)17(22)8-11-3-2-4-12(9-18(23)24)14(11)10-19/h2-7,17,20-22H,8-10,19H2,1H3,(H,23,24). The van der Waals surface area contributed by atoms with E-state index in [1.807, 2.05) is 0 Å². The van der Waals surface area contributed by atoms with E-state index < -0.39 is 22.1 Å². The maximum absolute atomic E-state index is 11.4. The Balaban J connectivity index is 2.31. The smallest absolute Gasteiger partial charge is 0.307 e. The Kier molecular flexibility index (Phi) is 6.42. The van der Waals surface area contributed by atoms with E-state index in [4.69, 9.17) is 10.8 Å². The molecule has 0 bridgehead atoms. The SMILES string of the molecule is CS(=O)(=O)Nc1cc(C(O)Cc2cccc(CC(=O)O)c2CN)ccc1O. The molecule has 146 valence electrons. The lowest BCUT2D eigenvalue weighted by Crippen LogP contribution is -2.13. The third kappa shape index (κ3) is 5.68. The number of hydrogen-bond acceptors (Lipinski definition) is 6. The Morgan fingerprint density at radius 2 is 1.89 bits per heavy atom. The van der Waals surface area contributed by atoms with Crippen molar-refractivity contribution in [3.63, 3.8) is 0 Å². The molecule has 0 aliphatic carbocycles. The molecular formula is C18H22N2O6S. The molecule has 0 saturated carbocycles. The molecule has 1 unspecified atom stereocenters. The molecule has 0 aliphatic heterocycles. The topological polar surface area (TPSA) is 150 Å². The van der Waals surface area contributed by atoms with Gasteiger partial charge in [-0.3, -0.25) is 9.52 Å². The maximum atomic E-state index is 11.4. The van der Waals surface area contributed by atoms with Crippen molar-refractivity contribution in [3.8, 4) is 5.75 Å². The van der Waals surface area contributed by atoms with Gasteiger partial charge in [-0.25, -0.2) is 8.42 Å². The maximum Gasteiger partial charge on any atom is 0.307 e. The van der Waals surface area contributed by atoms with Crippen molar-refractivity contribution >= 4 is 21.7 Å². The molecule has 0 radical (unpaired) electrons. The van der Waals surface area contributed by atoms with E-state index in [9.17, 15) is 23.4 Å². The number of benzene rings is 2. The number of hydrogen-bond donors (Lipinski definition) is 5. The van der Waals surface area contributed by atoms with E-state index in [1.165, 1.54) is 18.2 Å². The van der Waals surface area contributed by atoms with Crippen LogP contribution in [0.4, 0.5) is 5.69 Å². The summed E-state index contributed by atoms with van der Waals surface area (Å²) in [4.78, 5) is 11.0. The van der Waals surface area contributed by atoms with Gasteiger partial charge in [0, 0.05) is 13.0 Å². The third-order valence-corrected chi connectivity index (χ3v) is 4.62. The number of carbonyl (C=O) groups is 1. The van der Waals surface area contributed by atoms with E-state index in [1.54, 1.807) is 18.2 Å². The first-order valence-electron chi connectivity index (χ1n) is 8.11. The first-order valence-corrected chi connectivity index (χ1v) is 10.00. The molecule has 0 spiro atoms. The number of aliphatic hydroxyl groups is 1. The van der Waals surface area contributed by atoms with Crippen LogP contribution in [-0.2, 0) is 34.2 Å². The lowest BCUT2D eigenvalue weighted by Gasteiger charge is -2.17. The summed E-state index contributed by atoms with van der Waals surface area (Å²) >= 11 is 0. The highest BCUT2D eigenvalue weighted by molar-refractivity contribution is 7.92. The zero-order valence-electron chi connectivity index (χ0n) is 14.7. The zero-order chi connectivity index (χ0) is 20.2. The molecule has 9 heteroatoms. The van der Waals surface area contributed by atoms with Gasteiger partial charge in [-0.2, -0.15) is 0 Å². The summed E-state index contributed by atoms with van der Waals surface area (Å²) in [5, 5.41) is 29.4. The van der Waals surface area contributed by atoms with Gasteiger partial charge in [0.25, 0.3) is 0 Å². The Morgan fingerprint density at radius 3 is 2.48 bits per heavy atom. The van der Waals surface area contributed by atoms with Gasteiger partial charge in [-0.15, -0.1) is 0 Å². The Morgan fingerprint density at radius 1 is 1.22 bits per heavy atom. The molecule has 2 aromatic rings.